The van der Waals surface area contributed by atoms with Crippen LogP contribution in [-0.2, 0) is 10.0 Å². The number of thioether (sulfide) groups is 1. The number of hydrogen-bond donors (Lipinski definition) is 0. The van der Waals surface area contributed by atoms with E-state index in [9.17, 15) is 12.8 Å². The van der Waals surface area contributed by atoms with Gasteiger partial charge in [-0.25, -0.2) is 12.8 Å². The minimum Gasteiger partial charge on any atom is -0.366 e. The van der Waals surface area contributed by atoms with E-state index in [1.165, 1.54) is 29.3 Å². The van der Waals surface area contributed by atoms with Crippen LogP contribution in [0.25, 0.3) is 0 Å². The fourth-order valence-electron chi connectivity index (χ4n) is 3.46. The average Bonchev–Trinajstić information content (AvgIpc) is 3.52. The number of sulfonamides is 1. The SMILES string of the molecule is Cc1cc(F)c(N2CCN(S(=O)(=O)c3ccc(Cl)cc3)CC2)cc1SCC1CC1. The lowest BCUT2D eigenvalue weighted by Gasteiger charge is -2.35. The van der Waals surface area contributed by atoms with Gasteiger partial charge in [0.25, 0.3) is 0 Å². The lowest BCUT2D eigenvalue weighted by molar-refractivity contribution is 0.383. The highest BCUT2D eigenvalue weighted by Crippen LogP contribution is 2.38. The molecule has 29 heavy (non-hydrogen) atoms. The number of benzene rings is 2. The van der Waals surface area contributed by atoms with Gasteiger partial charge in [-0.3, -0.25) is 0 Å². The van der Waals surface area contributed by atoms with Crippen LogP contribution < -0.4 is 4.90 Å². The topological polar surface area (TPSA) is 40.6 Å². The van der Waals surface area contributed by atoms with Gasteiger partial charge in [-0.2, -0.15) is 4.31 Å². The molecule has 156 valence electrons. The van der Waals surface area contributed by atoms with E-state index < -0.39 is 10.0 Å². The average molecular weight is 455 g/mol. The number of anilines is 1. The number of aryl methyl sites for hydroxylation is 1. The Morgan fingerprint density at radius 3 is 2.38 bits per heavy atom. The third kappa shape index (κ3) is 4.74. The van der Waals surface area contributed by atoms with Gasteiger partial charge in [0.15, 0.2) is 0 Å². The van der Waals surface area contributed by atoms with Gasteiger partial charge in [0.1, 0.15) is 5.82 Å². The van der Waals surface area contributed by atoms with E-state index in [2.05, 4.69) is 0 Å². The summed E-state index contributed by atoms with van der Waals surface area (Å²) in [5, 5.41) is 0.499. The van der Waals surface area contributed by atoms with E-state index in [-0.39, 0.29) is 10.7 Å². The first kappa shape index (κ1) is 21.0. The Morgan fingerprint density at radius 2 is 1.76 bits per heavy atom. The van der Waals surface area contributed by atoms with Crippen LogP contribution in [0.15, 0.2) is 46.2 Å². The van der Waals surface area contributed by atoms with Crippen molar-refractivity contribution in [3.8, 4) is 0 Å². The molecule has 0 radical (unpaired) electrons. The highest BCUT2D eigenvalue weighted by molar-refractivity contribution is 7.99. The molecule has 2 aliphatic rings. The molecule has 0 amide bonds. The van der Waals surface area contributed by atoms with Crippen LogP contribution in [0.2, 0.25) is 5.02 Å². The molecule has 0 atom stereocenters. The highest BCUT2D eigenvalue weighted by atomic mass is 35.5. The van der Waals surface area contributed by atoms with Crippen molar-refractivity contribution in [3.63, 3.8) is 0 Å². The van der Waals surface area contributed by atoms with E-state index in [1.54, 1.807) is 30.0 Å². The Kier molecular flexibility index (Phi) is 6.11. The molecule has 8 heteroatoms. The summed E-state index contributed by atoms with van der Waals surface area (Å²) < 4.78 is 41.8. The van der Waals surface area contributed by atoms with Crippen LogP contribution in [0, 0.1) is 18.7 Å². The fourth-order valence-corrected chi connectivity index (χ4v) is 6.24. The van der Waals surface area contributed by atoms with Crippen molar-refractivity contribution >= 4 is 39.1 Å². The summed E-state index contributed by atoms with van der Waals surface area (Å²) in [5.41, 5.74) is 1.53. The first-order valence-corrected chi connectivity index (χ1v) is 12.6. The standard InChI is InChI=1S/C21H24ClFN2O2S2/c1-15-12-19(23)20(13-21(15)28-14-16-2-3-16)24-8-10-25(11-9-24)29(26,27)18-6-4-17(22)5-7-18/h4-7,12-13,16H,2-3,8-11,14H2,1H3. The van der Waals surface area contributed by atoms with Gasteiger partial charge < -0.3 is 4.90 Å². The normalized spacial score (nSPS) is 18.2. The maximum Gasteiger partial charge on any atom is 0.243 e. The van der Waals surface area contributed by atoms with Crippen molar-refractivity contribution in [1.29, 1.82) is 0 Å². The molecule has 0 unspecified atom stereocenters. The van der Waals surface area contributed by atoms with E-state index in [1.807, 2.05) is 17.9 Å². The molecule has 0 N–H and O–H groups in total. The molecule has 1 aliphatic carbocycles. The summed E-state index contributed by atoms with van der Waals surface area (Å²) in [6.45, 7) is 3.50. The molecular formula is C21H24ClFN2O2S2. The molecule has 2 fully saturated rings. The second-order valence-electron chi connectivity index (χ2n) is 7.67. The van der Waals surface area contributed by atoms with Crippen molar-refractivity contribution in [1.82, 2.24) is 4.31 Å². The maximum absolute atomic E-state index is 14.7. The summed E-state index contributed by atoms with van der Waals surface area (Å²) in [5.74, 6) is 1.64. The van der Waals surface area contributed by atoms with Crippen molar-refractivity contribution < 1.29 is 12.8 Å². The van der Waals surface area contributed by atoms with Crippen molar-refractivity contribution in [2.75, 3.05) is 36.8 Å². The predicted molar refractivity (Wildman–Crippen MR) is 117 cm³/mol. The molecule has 0 aromatic heterocycles. The van der Waals surface area contributed by atoms with Crippen LogP contribution in [0.4, 0.5) is 10.1 Å². The van der Waals surface area contributed by atoms with Gasteiger partial charge in [-0.15, -0.1) is 11.8 Å². The Hall–Kier alpha value is -1.28. The van der Waals surface area contributed by atoms with E-state index in [4.69, 9.17) is 11.6 Å². The molecular weight excluding hydrogens is 431 g/mol. The van der Waals surface area contributed by atoms with Gasteiger partial charge in [0.2, 0.25) is 10.0 Å². The smallest absolute Gasteiger partial charge is 0.243 e. The second kappa shape index (κ2) is 8.46. The van der Waals surface area contributed by atoms with E-state index >= 15 is 0 Å². The van der Waals surface area contributed by atoms with E-state index in [0.717, 1.165) is 22.1 Å². The van der Waals surface area contributed by atoms with E-state index in [0.29, 0.717) is 36.9 Å². The van der Waals surface area contributed by atoms with Crippen LogP contribution in [0.5, 0.6) is 0 Å². The summed E-state index contributed by atoms with van der Waals surface area (Å²) >= 11 is 7.66. The quantitative estimate of drug-likeness (QED) is 0.588. The van der Waals surface area contributed by atoms with Gasteiger partial charge in [0, 0.05) is 41.8 Å². The number of rotatable bonds is 6. The summed E-state index contributed by atoms with van der Waals surface area (Å²) in [4.78, 5) is 3.30. The van der Waals surface area contributed by atoms with Crippen molar-refractivity contribution in [2.24, 2.45) is 5.92 Å². The van der Waals surface area contributed by atoms with Gasteiger partial charge in [0.05, 0.1) is 10.6 Å². The third-order valence-corrected chi connectivity index (χ3v) is 9.00. The first-order chi connectivity index (χ1) is 13.8. The molecule has 4 nitrogen and oxygen atoms in total. The molecule has 1 saturated carbocycles. The molecule has 1 saturated heterocycles. The number of hydrogen-bond acceptors (Lipinski definition) is 4. The molecule has 2 aromatic rings. The minimum atomic E-state index is -3.57. The monoisotopic (exact) mass is 454 g/mol. The lowest BCUT2D eigenvalue weighted by atomic mass is 10.2. The molecule has 0 spiro atoms. The first-order valence-electron chi connectivity index (χ1n) is 9.78. The molecule has 4 rings (SSSR count). The Bertz CT molecular complexity index is 986. The zero-order chi connectivity index (χ0) is 20.6. The van der Waals surface area contributed by atoms with Crippen LogP contribution in [-0.4, -0.2) is 44.7 Å². The zero-order valence-electron chi connectivity index (χ0n) is 16.3. The van der Waals surface area contributed by atoms with Crippen molar-refractivity contribution in [3.05, 3.63) is 52.8 Å². The maximum atomic E-state index is 14.7. The number of piperazine rings is 1. The molecule has 2 aromatic carbocycles. The van der Waals surface area contributed by atoms with Gasteiger partial charge >= 0.3 is 0 Å². The molecule has 1 heterocycles. The zero-order valence-corrected chi connectivity index (χ0v) is 18.7. The summed E-state index contributed by atoms with van der Waals surface area (Å²) in [7, 11) is -3.57. The number of halogens is 2. The lowest BCUT2D eigenvalue weighted by Crippen LogP contribution is -2.48. The third-order valence-electron chi connectivity index (χ3n) is 5.45. The van der Waals surface area contributed by atoms with Gasteiger partial charge in [-0.1, -0.05) is 11.6 Å². The van der Waals surface area contributed by atoms with Crippen molar-refractivity contribution in [2.45, 2.75) is 29.6 Å². The fraction of sp³-hybridized carbons (Fsp3) is 0.429. The largest absolute Gasteiger partial charge is 0.366 e. The van der Waals surface area contributed by atoms with Gasteiger partial charge in [-0.05, 0) is 67.6 Å². The van der Waals surface area contributed by atoms with Crippen LogP contribution >= 0.6 is 23.4 Å². The highest BCUT2D eigenvalue weighted by Gasteiger charge is 2.29. The second-order valence-corrected chi connectivity index (χ2v) is 11.1. The van der Waals surface area contributed by atoms with Crippen LogP contribution in [0.1, 0.15) is 18.4 Å². The molecule has 1 aliphatic heterocycles. The summed E-state index contributed by atoms with van der Waals surface area (Å²) in [6.07, 6.45) is 2.59. The summed E-state index contributed by atoms with van der Waals surface area (Å²) in [6, 6.07) is 9.73. The Labute approximate surface area is 181 Å². The minimum absolute atomic E-state index is 0.232. The molecule has 0 bridgehead atoms. The van der Waals surface area contributed by atoms with Crippen LogP contribution in [0.3, 0.4) is 0 Å². The predicted octanol–water partition coefficient (Wildman–Crippen LogP) is 4.80. The number of nitrogens with zero attached hydrogens (tertiary/aromatic N) is 2. The Morgan fingerprint density at radius 1 is 1.10 bits per heavy atom. The Balaban J connectivity index is 1.46.